The number of ether oxygens (including phenoxy) is 3. The van der Waals surface area contributed by atoms with Crippen molar-refractivity contribution in [1.29, 1.82) is 0 Å². The Balaban J connectivity index is 1.45. The van der Waals surface area contributed by atoms with E-state index in [4.69, 9.17) is 14.2 Å². The zero-order valence-corrected chi connectivity index (χ0v) is 17.6. The number of carbonyl (C=O) groups excluding carboxylic acids is 3. The van der Waals surface area contributed by atoms with Crippen LogP contribution in [0.3, 0.4) is 0 Å². The molecule has 7 heteroatoms. The van der Waals surface area contributed by atoms with Gasteiger partial charge in [0.1, 0.15) is 12.4 Å². The van der Waals surface area contributed by atoms with Gasteiger partial charge in [0.25, 0.3) is 5.91 Å². The summed E-state index contributed by atoms with van der Waals surface area (Å²) >= 11 is 0. The summed E-state index contributed by atoms with van der Waals surface area (Å²) in [5, 5.41) is 0. The molecule has 2 aromatic carbocycles. The van der Waals surface area contributed by atoms with Crippen LogP contribution in [-0.2, 0) is 25.7 Å². The van der Waals surface area contributed by atoms with E-state index >= 15 is 0 Å². The van der Waals surface area contributed by atoms with Crippen LogP contribution >= 0.6 is 0 Å². The van der Waals surface area contributed by atoms with Crippen LogP contribution in [0.2, 0.25) is 0 Å². The van der Waals surface area contributed by atoms with Crippen LogP contribution in [0.4, 0.5) is 0 Å². The van der Waals surface area contributed by atoms with Gasteiger partial charge in [-0.25, -0.2) is 4.79 Å². The van der Waals surface area contributed by atoms with E-state index in [1.165, 1.54) is 0 Å². The fourth-order valence-electron chi connectivity index (χ4n) is 3.38. The van der Waals surface area contributed by atoms with Crippen LogP contribution in [0.5, 0.6) is 5.75 Å². The third-order valence-corrected chi connectivity index (χ3v) is 5.11. The maximum Gasteiger partial charge on any atom is 0.338 e. The minimum atomic E-state index is -0.583. The first-order chi connectivity index (χ1) is 15.1. The molecule has 2 aromatic rings. The predicted molar refractivity (Wildman–Crippen MR) is 113 cm³/mol. The summed E-state index contributed by atoms with van der Waals surface area (Å²) in [5.74, 6) is -0.696. The van der Waals surface area contributed by atoms with Gasteiger partial charge in [0, 0.05) is 13.1 Å². The van der Waals surface area contributed by atoms with Crippen LogP contribution in [0, 0.1) is 5.92 Å². The van der Waals surface area contributed by atoms with Crippen molar-refractivity contribution in [3.63, 3.8) is 0 Å². The van der Waals surface area contributed by atoms with Crippen molar-refractivity contribution in [2.24, 2.45) is 5.92 Å². The number of esters is 2. The van der Waals surface area contributed by atoms with E-state index < -0.39 is 5.97 Å². The third-order valence-electron chi connectivity index (χ3n) is 5.11. The van der Waals surface area contributed by atoms with Gasteiger partial charge in [-0.1, -0.05) is 36.4 Å². The molecule has 3 rings (SSSR count). The van der Waals surface area contributed by atoms with Gasteiger partial charge in [0.05, 0.1) is 18.1 Å². The quantitative estimate of drug-likeness (QED) is 0.604. The lowest BCUT2D eigenvalue weighted by Crippen LogP contribution is -2.42. The summed E-state index contributed by atoms with van der Waals surface area (Å²) in [5.41, 5.74) is 1.34. The van der Waals surface area contributed by atoms with Gasteiger partial charge in [-0.3, -0.25) is 9.59 Å². The van der Waals surface area contributed by atoms with Crippen molar-refractivity contribution >= 4 is 17.8 Å². The van der Waals surface area contributed by atoms with Gasteiger partial charge in [-0.05, 0) is 43.5 Å². The average molecular weight is 425 g/mol. The van der Waals surface area contributed by atoms with E-state index in [9.17, 15) is 14.4 Å². The van der Waals surface area contributed by atoms with Crippen LogP contribution in [0.25, 0.3) is 0 Å². The summed E-state index contributed by atoms with van der Waals surface area (Å²) < 4.78 is 16.0. The van der Waals surface area contributed by atoms with Crippen molar-refractivity contribution in [3.05, 3.63) is 65.7 Å². The lowest BCUT2D eigenvalue weighted by Gasteiger charge is -2.30. The van der Waals surface area contributed by atoms with Gasteiger partial charge in [-0.2, -0.15) is 0 Å². The van der Waals surface area contributed by atoms with Crippen molar-refractivity contribution in [1.82, 2.24) is 4.90 Å². The Morgan fingerprint density at radius 1 is 0.968 bits per heavy atom. The van der Waals surface area contributed by atoms with E-state index in [-0.39, 0.29) is 24.4 Å². The van der Waals surface area contributed by atoms with Gasteiger partial charge >= 0.3 is 11.9 Å². The first-order valence-corrected chi connectivity index (χ1v) is 10.4. The second-order valence-corrected chi connectivity index (χ2v) is 7.29. The van der Waals surface area contributed by atoms with E-state index in [0.717, 1.165) is 5.56 Å². The standard InChI is InChI=1S/C24H27NO6/c1-2-29-23(27)19-11-13-25(14-12-19)22(26)17-31-24(28)20-9-6-10-21(15-20)30-16-18-7-4-3-5-8-18/h3-10,15,19H,2,11-14,16-17H2,1H3. The average Bonchev–Trinajstić information content (AvgIpc) is 2.82. The highest BCUT2D eigenvalue weighted by Crippen LogP contribution is 2.19. The molecule has 1 fully saturated rings. The molecule has 1 aliphatic heterocycles. The maximum atomic E-state index is 12.4. The Morgan fingerprint density at radius 3 is 2.42 bits per heavy atom. The normalized spacial score (nSPS) is 14.0. The number of likely N-dealkylation sites (tertiary alicyclic amines) is 1. The highest BCUT2D eigenvalue weighted by molar-refractivity contribution is 5.91. The molecule has 0 atom stereocenters. The zero-order chi connectivity index (χ0) is 22.1. The molecule has 31 heavy (non-hydrogen) atoms. The molecule has 0 aliphatic carbocycles. The monoisotopic (exact) mass is 425 g/mol. The molecular weight excluding hydrogens is 398 g/mol. The fourth-order valence-corrected chi connectivity index (χ4v) is 3.38. The molecule has 0 aromatic heterocycles. The Hall–Kier alpha value is -3.35. The van der Waals surface area contributed by atoms with Crippen molar-refractivity contribution in [3.8, 4) is 5.75 Å². The molecule has 0 N–H and O–H groups in total. The first kappa shape index (κ1) is 22.3. The van der Waals surface area contributed by atoms with Crippen molar-refractivity contribution in [2.75, 3.05) is 26.3 Å². The number of hydrogen-bond acceptors (Lipinski definition) is 6. The van der Waals surface area contributed by atoms with Gasteiger partial charge in [0.2, 0.25) is 0 Å². The Morgan fingerprint density at radius 2 is 1.71 bits per heavy atom. The maximum absolute atomic E-state index is 12.4. The topological polar surface area (TPSA) is 82.1 Å². The summed E-state index contributed by atoms with van der Waals surface area (Å²) in [7, 11) is 0. The van der Waals surface area contributed by atoms with Crippen LogP contribution < -0.4 is 4.74 Å². The summed E-state index contributed by atoms with van der Waals surface area (Å²) in [6.45, 7) is 3.07. The SMILES string of the molecule is CCOC(=O)C1CCN(C(=O)COC(=O)c2cccc(OCc3ccccc3)c2)CC1. The molecule has 0 spiro atoms. The highest BCUT2D eigenvalue weighted by Gasteiger charge is 2.28. The number of rotatable bonds is 8. The number of nitrogens with zero attached hydrogens (tertiary/aromatic N) is 1. The second-order valence-electron chi connectivity index (χ2n) is 7.29. The van der Waals surface area contributed by atoms with E-state index in [0.29, 0.717) is 50.5 Å². The Kier molecular flexibility index (Phi) is 8.04. The molecule has 0 unspecified atom stereocenters. The molecule has 1 heterocycles. The number of benzene rings is 2. The van der Waals surface area contributed by atoms with E-state index in [2.05, 4.69) is 0 Å². The zero-order valence-electron chi connectivity index (χ0n) is 17.6. The Bertz CT molecular complexity index is 890. The fraction of sp³-hybridized carbons (Fsp3) is 0.375. The molecule has 0 radical (unpaired) electrons. The van der Waals surface area contributed by atoms with Crippen molar-refractivity contribution in [2.45, 2.75) is 26.4 Å². The number of piperidine rings is 1. The van der Waals surface area contributed by atoms with Gasteiger partial charge < -0.3 is 19.1 Å². The van der Waals surface area contributed by atoms with E-state index in [1.54, 1.807) is 36.1 Å². The molecule has 0 saturated carbocycles. The Labute approximate surface area is 181 Å². The third kappa shape index (κ3) is 6.57. The van der Waals surface area contributed by atoms with Crippen LogP contribution in [-0.4, -0.2) is 49.0 Å². The predicted octanol–water partition coefficient (Wildman–Crippen LogP) is 3.22. The van der Waals surface area contributed by atoms with E-state index in [1.807, 2.05) is 30.3 Å². The molecular formula is C24H27NO6. The largest absolute Gasteiger partial charge is 0.489 e. The first-order valence-electron chi connectivity index (χ1n) is 10.4. The summed E-state index contributed by atoms with van der Waals surface area (Å²) in [6, 6.07) is 16.4. The number of hydrogen-bond donors (Lipinski definition) is 0. The van der Waals surface area contributed by atoms with Crippen LogP contribution in [0.1, 0.15) is 35.7 Å². The smallest absolute Gasteiger partial charge is 0.338 e. The molecule has 164 valence electrons. The summed E-state index contributed by atoms with van der Waals surface area (Å²) in [6.07, 6.45) is 1.11. The number of carbonyl (C=O) groups is 3. The molecule has 1 aliphatic rings. The number of amides is 1. The summed E-state index contributed by atoms with van der Waals surface area (Å²) in [4.78, 5) is 38.1. The van der Waals surface area contributed by atoms with Crippen molar-refractivity contribution < 1.29 is 28.6 Å². The van der Waals surface area contributed by atoms with Gasteiger partial charge in [-0.15, -0.1) is 0 Å². The molecule has 0 bridgehead atoms. The lowest BCUT2D eigenvalue weighted by atomic mass is 9.97. The van der Waals surface area contributed by atoms with Crippen LogP contribution in [0.15, 0.2) is 54.6 Å². The minimum Gasteiger partial charge on any atom is -0.489 e. The lowest BCUT2D eigenvalue weighted by molar-refractivity contribution is -0.151. The second kappa shape index (κ2) is 11.2. The molecule has 1 saturated heterocycles. The molecule has 7 nitrogen and oxygen atoms in total. The van der Waals surface area contributed by atoms with Gasteiger partial charge in [0.15, 0.2) is 6.61 Å². The molecule has 1 amide bonds. The minimum absolute atomic E-state index is 0.176. The highest BCUT2D eigenvalue weighted by atomic mass is 16.5.